The molecule has 0 N–H and O–H groups in total. The van der Waals surface area contributed by atoms with Crippen LogP contribution >= 0.6 is 22.6 Å². The first-order chi connectivity index (χ1) is 6.83. The molecule has 14 heavy (non-hydrogen) atoms. The van der Waals surface area contributed by atoms with Crippen molar-refractivity contribution in [1.82, 2.24) is 0 Å². The van der Waals surface area contributed by atoms with E-state index in [0.29, 0.717) is 6.61 Å². The Labute approximate surface area is 97.2 Å². The van der Waals surface area contributed by atoms with Gasteiger partial charge in [0.05, 0.1) is 6.61 Å². The average Bonchev–Trinajstić information content (AvgIpc) is 2.23. The van der Waals surface area contributed by atoms with Gasteiger partial charge in [0.15, 0.2) is 0 Å². The summed E-state index contributed by atoms with van der Waals surface area (Å²) in [4.78, 5) is 0. The summed E-state index contributed by atoms with van der Waals surface area (Å²) in [5.74, 6) is 0.975. The molecule has 2 rings (SSSR count). The molecule has 0 aromatic heterocycles. The Morgan fingerprint density at radius 3 is 2.50 bits per heavy atom. The van der Waals surface area contributed by atoms with Crippen molar-refractivity contribution < 1.29 is 4.74 Å². The molecule has 0 bridgehead atoms. The van der Waals surface area contributed by atoms with Gasteiger partial charge >= 0.3 is 0 Å². The predicted octanol–water partition coefficient (Wildman–Crippen LogP) is 3.84. The molecule has 2 aromatic carbocycles. The largest absolute Gasteiger partial charge is 0.493 e. The molecule has 0 aliphatic carbocycles. The van der Waals surface area contributed by atoms with Gasteiger partial charge in [-0.15, -0.1) is 0 Å². The summed E-state index contributed by atoms with van der Waals surface area (Å²) in [6, 6.07) is 12.4. The molecule has 1 nitrogen and oxygen atoms in total. The number of rotatable bonds is 2. The van der Waals surface area contributed by atoms with Gasteiger partial charge in [-0.1, -0.05) is 24.3 Å². The highest BCUT2D eigenvalue weighted by atomic mass is 127. The molecular weight excluding hydrogens is 287 g/mol. The third kappa shape index (κ3) is 1.71. The van der Waals surface area contributed by atoms with E-state index in [-0.39, 0.29) is 0 Å². The Hall–Kier alpha value is -0.770. The Kier molecular flexibility index (Phi) is 2.91. The van der Waals surface area contributed by atoms with E-state index in [9.17, 15) is 0 Å². The molecule has 0 saturated carbocycles. The van der Waals surface area contributed by atoms with Gasteiger partial charge in [-0.25, -0.2) is 0 Å². The fourth-order valence-electron chi connectivity index (χ4n) is 1.52. The fourth-order valence-corrected chi connectivity index (χ4v) is 2.17. The van der Waals surface area contributed by atoms with Crippen molar-refractivity contribution in [2.45, 2.75) is 6.92 Å². The summed E-state index contributed by atoms with van der Waals surface area (Å²) in [6.07, 6.45) is 0. The molecule has 0 heterocycles. The van der Waals surface area contributed by atoms with Crippen LogP contribution in [0.5, 0.6) is 5.75 Å². The number of halogens is 1. The van der Waals surface area contributed by atoms with Gasteiger partial charge in [-0.2, -0.15) is 0 Å². The molecule has 0 saturated heterocycles. The maximum Gasteiger partial charge on any atom is 0.127 e. The van der Waals surface area contributed by atoms with Crippen molar-refractivity contribution in [2.24, 2.45) is 0 Å². The molecule has 0 atom stereocenters. The maximum atomic E-state index is 5.57. The van der Waals surface area contributed by atoms with Crippen molar-refractivity contribution in [3.8, 4) is 5.75 Å². The highest BCUT2D eigenvalue weighted by Gasteiger charge is 2.03. The number of fused-ring (bicyclic) bond motifs is 1. The Bertz CT molecular complexity index is 451. The van der Waals surface area contributed by atoms with Crippen LogP contribution in [0.1, 0.15) is 6.92 Å². The molecule has 0 amide bonds. The number of benzene rings is 2. The number of hydrogen-bond acceptors (Lipinski definition) is 1. The Balaban J connectivity index is 2.68. The molecular formula is C12H11IO. The van der Waals surface area contributed by atoms with E-state index < -0.39 is 0 Å². The van der Waals surface area contributed by atoms with Crippen LogP contribution in [0.15, 0.2) is 36.4 Å². The minimum Gasteiger partial charge on any atom is -0.493 e. The van der Waals surface area contributed by atoms with Crippen molar-refractivity contribution >= 4 is 33.4 Å². The summed E-state index contributed by atoms with van der Waals surface area (Å²) in [7, 11) is 0. The molecule has 72 valence electrons. The molecule has 0 aliphatic heterocycles. The highest BCUT2D eigenvalue weighted by molar-refractivity contribution is 14.1. The predicted molar refractivity (Wildman–Crippen MR) is 67.8 cm³/mol. The lowest BCUT2D eigenvalue weighted by molar-refractivity contribution is 0.344. The van der Waals surface area contributed by atoms with Crippen molar-refractivity contribution in [3.63, 3.8) is 0 Å². The normalized spacial score (nSPS) is 10.4. The monoisotopic (exact) mass is 298 g/mol. The van der Waals surface area contributed by atoms with Gasteiger partial charge in [0.25, 0.3) is 0 Å². The zero-order chi connectivity index (χ0) is 9.97. The summed E-state index contributed by atoms with van der Waals surface area (Å²) in [5, 5.41) is 2.46. The zero-order valence-electron chi connectivity index (χ0n) is 7.96. The van der Waals surface area contributed by atoms with Gasteiger partial charge in [0.1, 0.15) is 5.75 Å². The van der Waals surface area contributed by atoms with E-state index in [1.807, 2.05) is 19.1 Å². The minimum atomic E-state index is 0.713. The SMILES string of the molecule is CCOc1ccc(I)c2ccccc12. The van der Waals surface area contributed by atoms with Crippen LogP contribution in [0.3, 0.4) is 0 Å². The lowest BCUT2D eigenvalue weighted by atomic mass is 10.1. The number of ether oxygens (including phenoxy) is 1. The van der Waals surface area contributed by atoms with E-state index in [0.717, 1.165) is 5.75 Å². The molecule has 0 radical (unpaired) electrons. The molecule has 2 aromatic rings. The van der Waals surface area contributed by atoms with Crippen LogP contribution in [0, 0.1) is 3.57 Å². The van der Waals surface area contributed by atoms with Gasteiger partial charge in [0, 0.05) is 8.96 Å². The lowest BCUT2D eigenvalue weighted by Gasteiger charge is -2.08. The zero-order valence-corrected chi connectivity index (χ0v) is 10.1. The Morgan fingerprint density at radius 2 is 1.79 bits per heavy atom. The average molecular weight is 298 g/mol. The minimum absolute atomic E-state index is 0.713. The van der Waals surface area contributed by atoms with E-state index in [1.54, 1.807) is 0 Å². The van der Waals surface area contributed by atoms with Crippen LogP contribution in [0.4, 0.5) is 0 Å². The first kappa shape index (κ1) is 9.77. The third-order valence-corrected chi connectivity index (χ3v) is 3.07. The standard InChI is InChI=1S/C12H11IO/c1-2-14-12-8-7-11(13)9-5-3-4-6-10(9)12/h3-8H,2H2,1H3. The van der Waals surface area contributed by atoms with Gasteiger partial charge < -0.3 is 4.74 Å². The van der Waals surface area contributed by atoms with Crippen LogP contribution in [0.25, 0.3) is 10.8 Å². The van der Waals surface area contributed by atoms with Crippen LogP contribution in [0.2, 0.25) is 0 Å². The van der Waals surface area contributed by atoms with Gasteiger partial charge in [0.2, 0.25) is 0 Å². The fraction of sp³-hybridized carbons (Fsp3) is 0.167. The molecule has 2 heteroatoms. The summed E-state index contributed by atoms with van der Waals surface area (Å²) in [5.41, 5.74) is 0. The van der Waals surface area contributed by atoms with Crippen molar-refractivity contribution in [3.05, 3.63) is 40.0 Å². The summed E-state index contributed by atoms with van der Waals surface area (Å²) >= 11 is 2.35. The molecule has 0 spiro atoms. The first-order valence-electron chi connectivity index (χ1n) is 4.63. The third-order valence-electron chi connectivity index (χ3n) is 2.13. The van der Waals surface area contributed by atoms with Crippen LogP contribution in [-0.4, -0.2) is 6.61 Å². The Morgan fingerprint density at radius 1 is 1.07 bits per heavy atom. The quantitative estimate of drug-likeness (QED) is 0.765. The van der Waals surface area contributed by atoms with E-state index >= 15 is 0 Å². The molecule has 0 fully saturated rings. The topological polar surface area (TPSA) is 9.23 Å². The van der Waals surface area contributed by atoms with E-state index in [2.05, 4.69) is 46.9 Å². The second-order valence-electron chi connectivity index (χ2n) is 3.02. The number of hydrogen-bond donors (Lipinski definition) is 0. The molecule has 0 aliphatic rings. The van der Waals surface area contributed by atoms with E-state index in [4.69, 9.17) is 4.74 Å². The van der Waals surface area contributed by atoms with Crippen molar-refractivity contribution in [2.75, 3.05) is 6.61 Å². The first-order valence-corrected chi connectivity index (χ1v) is 5.71. The summed E-state index contributed by atoms with van der Waals surface area (Å²) in [6.45, 7) is 2.72. The van der Waals surface area contributed by atoms with Gasteiger partial charge in [-0.3, -0.25) is 0 Å². The highest BCUT2D eigenvalue weighted by Crippen LogP contribution is 2.29. The molecule has 0 unspecified atom stereocenters. The maximum absolute atomic E-state index is 5.57. The lowest BCUT2D eigenvalue weighted by Crippen LogP contribution is -1.92. The van der Waals surface area contributed by atoms with Gasteiger partial charge in [-0.05, 0) is 47.0 Å². The second-order valence-corrected chi connectivity index (χ2v) is 4.19. The van der Waals surface area contributed by atoms with Crippen molar-refractivity contribution in [1.29, 1.82) is 0 Å². The summed E-state index contributed by atoms with van der Waals surface area (Å²) < 4.78 is 6.84. The van der Waals surface area contributed by atoms with Crippen LogP contribution < -0.4 is 4.74 Å². The van der Waals surface area contributed by atoms with E-state index in [1.165, 1.54) is 14.3 Å². The smallest absolute Gasteiger partial charge is 0.127 e. The van der Waals surface area contributed by atoms with Crippen LogP contribution in [-0.2, 0) is 0 Å². The second kappa shape index (κ2) is 4.17.